The van der Waals surface area contributed by atoms with Crippen molar-refractivity contribution in [3.63, 3.8) is 0 Å². The Morgan fingerprint density at radius 2 is 0.452 bits per heavy atom. The summed E-state index contributed by atoms with van der Waals surface area (Å²) in [5, 5.41) is 19.0. The second kappa shape index (κ2) is 29.3. The standard InChI is InChI=1S/3C38H24N4/c1-3-9-28(10-4-1)41-34-14-8-7-13-31(34)32-21-25(15-17-35(32)41)26-16-18-36-33(22-26)37-30-19-20-39-23-27(30)24-40-38(37)42(36)29-11-5-2-6-12-29;1-3-9-27(10-4-1)41-34-14-8-7-13-29(34)30-21-25(15-17-35(30)41)26-16-18-36-31(22-26)38-32-23-39-20-19-33(32)40-24-37(38)42(36)28-11-5-2-6-12-28;1-3-9-27(10-4-1)41-34-14-8-7-13-29(34)31-21-25(15-17-35(31)41)26-16-18-36-32(22-26)38-30-19-20-39-23-33(30)40-24-37(38)42(36)28-11-5-2-6-12-28/h3*1-24H. The lowest BCUT2D eigenvalue weighted by molar-refractivity contribution is 1.14. The molecule has 0 fully saturated rings. The Morgan fingerprint density at radius 3 is 0.865 bits per heavy atom. The number of fused-ring (bicyclic) bond motifs is 24. The van der Waals surface area contributed by atoms with E-state index in [0.717, 1.165) is 88.3 Å². The lowest BCUT2D eigenvalue weighted by Gasteiger charge is -2.09. The van der Waals surface area contributed by atoms with Crippen molar-refractivity contribution in [2.24, 2.45) is 0 Å². The van der Waals surface area contributed by atoms with Crippen LogP contribution in [0.2, 0.25) is 0 Å². The minimum Gasteiger partial charge on any atom is -0.309 e. The first-order valence-electron chi connectivity index (χ1n) is 42.5. The minimum atomic E-state index is 0.901. The largest absolute Gasteiger partial charge is 0.309 e. The van der Waals surface area contributed by atoms with Crippen LogP contribution >= 0.6 is 0 Å². The number of pyridine rings is 6. The van der Waals surface area contributed by atoms with E-state index >= 15 is 0 Å². The van der Waals surface area contributed by atoms with Crippen molar-refractivity contribution in [1.29, 1.82) is 0 Å². The molecule has 0 amide bonds. The molecule has 0 saturated heterocycles. The Hall–Kier alpha value is -17.2. The van der Waals surface area contributed by atoms with Crippen LogP contribution in [0.4, 0.5) is 0 Å². The van der Waals surface area contributed by atoms with Crippen molar-refractivity contribution < 1.29 is 0 Å². The smallest absolute Gasteiger partial charge is 0.146 e. The first-order chi connectivity index (χ1) is 62.5. The van der Waals surface area contributed by atoms with Gasteiger partial charge in [-0.2, -0.15) is 0 Å². The summed E-state index contributed by atoms with van der Waals surface area (Å²) in [5.74, 6) is 0. The van der Waals surface area contributed by atoms with Crippen molar-refractivity contribution in [1.82, 2.24) is 57.3 Å². The number of hydrogen-bond donors (Lipinski definition) is 0. The van der Waals surface area contributed by atoms with Crippen LogP contribution in [0.25, 0.3) is 231 Å². The second-order valence-electron chi connectivity index (χ2n) is 32.2. The number of para-hydroxylation sites is 9. The molecule has 0 N–H and O–H groups in total. The molecule has 15 aromatic carbocycles. The molecule has 0 aliphatic rings. The molecule has 12 nitrogen and oxygen atoms in total. The van der Waals surface area contributed by atoms with Gasteiger partial charge in [0.15, 0.2) is 0 Å². The molecule has 0 aliphatic carbocycles. The predicted octanol–water partition coefficient (Wildman–Crippen LogP) is 28.5. The average Bonchev–Trinajstić information content (AvgIpc) is 1.58. The van der Waals surface area contributed by atoms with Gasteiger partial charge in [0.2, 0.25) is 0 Å². The van der Waals surface area contributed by atoms with E-state index in [0.29, 0.717) is 0 Å². The molecule has 27 aromatic rings. The summed E-state index contributed by atoms with van der Waals surface area (Å²) < 4.78 is 14.0. The molecule has 126 heavy (non-hydrogen) atoms. The summed E-state index contributed by atoms with van der Waals surface area (Å²) in [6.45, 7) is 0. The molecule has 0 unspecified atom stereocenters. The second-order valence-corrected chi connectivity index (χ2v) is 32.2. The maximum atomic E-state index is 4.95. The van der Waals surface area contributed by atoms with Crippen LogP contribution in [0.15, 0.2) is 438 Å². The summed E-state index contributed by atoms with van der Waals surface area (Å²) in [6, 6.07) is 137. The number of rotatable bonds is 9. The van der Waals surface area contributed by atoms with Gasteiger partial charge in [0.25, 0.3) is 0 Å². The van der Waals surface area contributed by atoms with Crippen LogP contribution in [0.1, 0.15) is 0 Å². The van der Waals surface area contributed by atoms with Gasteiger partial charge in [-0.15, -0.1) is 0 Å². The molecule has 0 bridgehead atoms. The van der Waals surface area contributed by atoms with Crippen molar-refractivity contribution in [2.45, 2.75) is 0 Å². The molecule has 0 aliphatic heterocycles. The first-order valence-corrected chi connectivity index (χ1v) is 42.5. The van der Waals surface area contributed by atoms with Gasteiger partial charge >= 0.3 is 0 Å². The van der Waals surface area contributed by atoms with Crippen molar-refractivity contribution >= 4 is 164 Å². The highest BCUT2D eigenvalue weighted by Crippen LogP contribution is 2.46. The van der Waals surface area contributed by atoms with Crippen LogP contribution < -0.4 is 0 Å². The molecule has 12 aromatic heterocycles. The third-order valence-electron chi connectivity index (χ3n) is 25.3. The zero-order valence-electron chi connectivity index (χ0n) is 67.9. The zero-order chi connectivity index (χ0) is 82.9. The molecule has 588 valence electrons. The van der Waals surface area contributed by atoms with E-state index in [-0.39, 0.29) is 0 Å². The Morgan fingerprint density at radius 1 is 0.159 bits per heavy atom. The quantitative estimate of drug-likeness (QED) is 0.142. The third kappa shape index (κ3) is 11.5. The van der Waals surface area contributed by atoms with Gasteiger partial charge < -0.3 is 22.8 Å². The lowest BCUT2D eigenvalue weighted by atomic mass is 10.00. The summed E-state index contributed by atoms with van der Waals surface area (Å²) in [4.78, 5) is 27.7. The Bertz CT molecular complexity index is 8190. The first kappa shape index (κ1) is 71.7. The highest BCUT2D eigenvalue weighted by atomic mass is 15.1. The Kier molecular flexibility index (Phi) is 16.7. The molecule has 12 heteroatoms. The van der Waals surface area contributed by atoms with Gasteiger partial charge in [0.05, 0.1) is 90.3 Å². The number of hydrogen-bond acceptors (Lipinski definition) is 6. The lowest BCUT2D eigenvalue weighted by Crippen LogP contribution is -1.95. The van der Waals surface area contributed by atoms with E-state index in [1.807, 2.05) is 61.8 Å². The number of nitrogens with zero attached hydrogens (tertiary/aromatic N) is 12. The zero-order valence-corrected chi connectivity index (χ0v) is 67.9. The Balaban J connectivity index is 0.000000103. The van der Waals surface area contributed by atoms with Crippen LogP contribution in [0.5, 0.6) is 0 Å². The topological polar surface area (TPSA) is 107 Å². The molecule has 12 heterocycles. The average molecular weight is 1610 g/mol. The minimum absolute atomic E-state index is 0.901. The number of benzene rings is 15. The summed E-state index contributed by atoms with van der Waals surface area (Å²) in [5.41, 5.74) is 29.6. The summed E-state index contributed by atoms with van der Waals surface area (Å²) in [7, 11) is 0. The van der Waals surface area contributed by atoms with E-state index in [1.54, 1.807) is 0 Å². The van der Waals surface area contributed by atoms with Gasteiger partial charge in [0.1, 0.15) is 5.65 Å². The van der Waals surface area contributed by atoms with Crippen molar-refractivity contribution in [2.75, 3.05) is 0 Å². The molecule has 0 radical (unpaired) electrons. The Labute approximate surface area is 721 Å². The van der Waals surface area contributed by atoms with Gasteiger partial charge in [-0.05, 0) is 221 Å². The maximum Gasteiger partial charge on any atom is 0.146 e. The van der Waals surface area contributed by atoms with E-state index in [1.165, 1.54) is 143 Å². The summed E-state index contributed by atoms with van der Waals surface area (Å²) in [6.07, 6.45) is 17.1. The van der Waals surface area contributed by atoms with Gasteiger partial charge in [-0.1, -0.05) is 200 Å². The van der Waals surface area contributed by atoms with Crippen LogP contribution in [-0.4, -0.2) is 57.3 Å². The monoisotopic (exact) mass is 1610 g/mol. The van der Waals surface area contributed by atoms with Crippen LogP contribution in [-0.2, 0) is 0 Å². The summed E-state index contributed by atoms with van der Waals surface area (Å²) >= 11 is 0. The van der Waals surface area contributed by atoms with E-state index in [9.17, 15) is 0 Å². The maximum absolute atomic E-state index is 4.95. The van der Waals surface area contributed by atoms with Gasteiger partial charge in [-0.3, -0.25) is 29.5 Å². The SMILES string of the molecule is c1ccc(-n2c3ccccc3c3cc(-c4ccc5c(c4)c4c6ccncc6cnc4n5-c4ccccc4)ccc32)cc1.c1ccc(-n2c3ccccc3c3cc(-c4ccc5c(c4)c4c6ccncc6ncc4n5-c4ccccc4)ccc32)cc1.c1ccc(-n2c3ccccc3c3cc(-c4ccc5c(c4)c4c6cnccc6ncc4n5-c4ccccc4)ccc32)cc1. The normalized spacial score (nSPS) is 11.8. The third-order valence-corrected chi connectivity index (χ3v) is 25.3. The van der Waals surface area contributed by atoms with E-state index in [2.05, 4.69) is 418 Å². The van der Waals surface area contributed by atoms with E-state index in [4.69, 9.17) is 15.0 Å². The highest BCUT2D eigenvalue weighted by molar-refractivity contribution is 6.24. The van der Waals surface area contributed by atoms with Gasteiger partial charge in [-0.25, -0.2) is 4.98 Å². The fourth-order valence-corrected chi connectivity index (χ4v) is 19.7. The molecule has 0 spiro atoms. The molecule has 0 atom stereocenters. The van der Waals surface area contributed by atoms with Crippen LogP contribution in [0.3, 0.4) is 0 Å². The van der Waals surface area contributed by atoms with Crippen molar-refractivity contribution in [3.05, 3.63) is 438 Å². The predicted molar refractivity (Wildman–Crippen MR) is 521 cm³/mol. The van der Waals surface area contributed by atoms with Gasteiger partial charge in [0, 0.05) is 152 Å². The van der Waals surface area contributed by atoms with Crippen LogP contribution in [0, 0.1) is 0 Å². The molecule has 27 rings (SSSR count). The van der Waals surface area contributed by atoms with E-state index < -0.39 is 0 Å². The van der Waals surface area contributed by atoms with Crippen molar-refractivity contribution in [3.8, 4) is 67.5 Å². The number of aromatic nitrogens is 12. The fourth-order valence-electron chi connectivity index (χ4n) is 19.7. The molecule has 0 saturated carbocycles. The molecular formula is C114H72N12. The highest BCUT2D eigenvalue weighted by Gasteiger charge is 2.24. The molecular weight excluding hydrogens is 1540 g/mol. The fraction of sp³-hybridized carbons (Fsp3) is 0.